The molecule has 0 aromatic heterocycles. The van der Waals surface area contributed by atoms with Gasteiger partial charge in [0.05, 0.1) is 0 Å². The van der Waals surface area contributed by atoms with Crippen LogP contribution in [0.2, 0.25) is 0 Å². The summed E-state index contributed by atoms with van der Waals surface area (Å²) >= 11 is 0. The zero-order chi connectivity index (χ0) is 17.6. The van der Waals surface area contributed by atoms with Crippen LogP contribution in [0.15, 0.2) is 0 Å². The van der Waals surface area contributed by atoms with Gasteiger partial charge >= 0.3 is 30.0 Å². The van der Waals surface area contributed by atoms with Crippen LogP contribution in [0.1, 0.15) is 0 Å². The summed E-state index contributed by atoms with van der Waals surface area (Å²) in [7, 11) is 0. The van der Waals surface area contributed by atoms with Crippen molar-refractivity contribution in [3.05, 3.63) is 0 Å². The third-order valence-corrected chi connectivity index (χ3v) is 2.44. The molecule has 2 unspecified atom stereocenters. The quantitative estimate of drug-likeness (QED) is 0.762. The molecule has 22 heavy (non-hydrogen) atoms. The van der Waals surface area contributed by atoms with Crippen LogP contribution in [-0.2, 0) is 9.53 Å². The zero-order valence-electron chi connectivity index (χ0n) is 9.91. The zero-order valence-corrected chi connectivity index (χ0v) is 9.91. The van der Waals surface area contributed by atoms with E-state index in [4.69, 9.17) is 0 Å². The molecule has 1 heterocycles. The van der Waals surface area contributed by atoms with Crippen molar-refractivity contribution >= 4 is 11.9 Å². The molecule has 0 bridgehead atoms. The lowest BCUT2D eigenvalue weighted by Crippen LogP contribution is -2.73. The van der Waals surface area contributed by atoms with Crippen molar-refractivity contribution < 1.29 is 53.8 Å². The van der Waals surface area contributed by atoms with Crippen LogP contribution in [0.5, 0.6) is 0 Å². The van der Waals surface area contributed by atoms with E-state index in [0.29, 0.717) is 0 Å². The molecule has 128 valence electrons. The highest BCUT2D eigenvalue weighted by atomic mass is 19.4. The van der Waals surface area contributed by atoms with E-state index in [1.54, 1.807) is 0 Å². The molecule has 1 rings (SSSR count). The number of nitrogens with one attached hydrogen (secondary N) is 2. The van der Waals surface area contributed by atoms with Crippen molar-refractivity contribution in [3.63, 3.8) is 0 Å². The number of hydrogen-bond donors (Lipinski definition) is 2. The van der Waals surface area contributed by atoms with E-state index < -0.39 is 48.7 Å². The van der Waals surface area contributed by atoms with Crippen molar-refractivity contribution in [1.29, 1.82) is 0 Å². The number of halogens is 9. The molecule has 3 amide bonds. The van der Waals surface area contributed by atoms with Gasteiger partial charge in [0.15, 0.2) is 6.23 Å². The second-order valence-electron chi connectivity index (χ2n) is 4.03. The Bertz CT molecular complexity index is 474. The molecule has 0 aromatic carbocycles. The van der Waals surface area contributed by atoms with Gasteiger partial charge in [0.25, 0.3) is 5.91 Å². The van der Waals surface area contributed by atoms with Gasteiger partial charge in [-0.1, -0.05) is 0 Å². The molecule has 1 saturated heterocycles. The van der Waals surface area contributed by atoms with E-state index in [2.05, 4.69) is 4.74 Å². The van der Waals surface area contributed by atoms with Gasteiger partial charge in [-0.3, -0.25) is 10.1 Å². The van der Waals surface area contributed by atoms with Crippen LogP contribution >= 0.6 is 0 Å². The van der Waals surface area contributed by atoms with Crippen molar-refractivity contribution in [2.75, 3.05) is 6.61 Å². The first-order valence-corrected chi connectivity index (χ1v) is 5.06. The van der Waals surface area contributed by atoms with Gasteiger partial charge in [-0.15, -0.1) is 0 Å². The molecule has 2 N–H and O–H groups in total. The highest BCUT2D eigenvalue weighted by Crippen LogP contribution is 2.41. The number of carbonyl (C=O) groups excluding carboxylic acids is 2. The van der Waals surface area contributed by atoms with Crippen LogP contribution in [0, 0.1) is 0 Å². The van der Waals surface area contributed by atoms with Crippen molar-refractivity contribution in [2.24, 2.45) is 0 Å². The van der Waals surface area contributed by atoms with Crippen molar-refractivity contribution in [2.45, 2.75) is 30.2 Å². The van der Waals surface area contributed by atoms with Crippen molar-refractivity contribution in [1.82, 2.24) is 10.6 Å². The van der Waals surface area contributed by atoms with Gasteiger partial charge in [-0.2, -0.15) is 35.1 Å². The molecule has 0 aliphatic carbocycles. The van der Waals surface area contributed by atoms with E-state index in [0.717, 1.165) is 10.6 Å². The molecule has 0 saturated carbocycles. The topological polar surface area (TPSA) is 67.4 Å². The monoisotopic (exact) mass is 348 g/mol. The standard InChI is InChI=1S/C8H5F9N2O3/c9-5(10,7(12,13)14)1-22-3-6(11,8(15,16)17)2(20)18-4(21)19-3/h3H,1H2,(H2,18,19,20,21). The first kappa shape index (κ1) is 18.3. The maximum absolute atomic E-state index is 13.8. The molecule has 1 fully saturated rings. The second-order valence-corrected chi connectivity index (χ2v) is 4.03. The number of rotatable bonds is 3. The lowest BCUT2D eigenvalue weighted by Gasteiger charge is -2.37. The minimum Gasteiger partial charge on any atom is -0.347 e. The van der Waals surface area contributed by atoms with Gasteiger partial charge < -0.3 is 10.1 Å². The maximum Gasteiger partial charge on any atom is 0.455 e. The summed E-state index contributed by atoms with van der Waals surface area (Å²) in [4.78, 5) is 21.7. The molecule has 2 atom stereocenters. The van der Waals surface area contributed by atoms with Crippen LogP contribution in [0.4, 0.5) is 44.3 Å². The Kier molecular flexibility index (Phi) is 4.31. The van der Waals surface area contributed by atoms with Gasteiger partial charge in [-0.25, -0.2) is 9.18 Å². The van der Waals surface area contributed by atoms with Gasteiger partial charge in [0.2, 0.25) is 0 Å². The molecular formula is C8H5F9N2O3. The third kappa shape index (κ3) is 3.05. The number of urea groups is 1. The Morgan fingerprint density at radius 3 is 1.95 bits per heavy atom. The lowest BCUT2D eigenvalue weighted by atomic mass is 10.0. The molecule has 0 aromatic rings. The number of alkyl halides is 9. The fourth-order valence-electron chi connectivity index (χ4n) is 1.27. The summed E-state index contributed by atoms with van der Waals surface area (Å²) in [6.07, 6.45) is -15.7. The van der Waals surface area contributed by atoms with Crippen LogP contribution in [0.25, 0.3) is 0 Å². The van der Waals surface area contributed by atoms with Crippen molar-refractivity contribution in [3.8, 4) is 0 Å². The number of imide groups is 1. The van der Waals surface area contributed by atoms with Crippen LogP contribution in [0.3, 0.4) is 0 Å². The summed E-state index contributed by atoms with van der Waals surface area (Å²) in [5.41, 5.74) is -5.04. The van der Waals surface area contributed by atoms with Gasteiger partial charge in [0.1, 0.15) is 6.61 Å². The minimum absolute atomic E-state index is 0.860. The summed E-state index contributed by atoms with van der Waals surface area (Å²) in [5, 5.41) is 1.84. The predicted molar refractivity (Wildman–Crippen MR) is 47.3 cm³/mol. The van der Waals surface area contributed by atoms with Crippen LogP contribution in [-0.4, -0.2) is 48.7 Å². The number of amides is 3. The highest BCUT2D eigenvalue weighted by molar-refractivity contribution is 6.02. The Balaban J connectivity index is 3.03. The fourth-order valence-corrected chi connectivity index (χ4v) is 1.27. The summed E-state index contributed by atoms with van der Waals surface area (Å²) in [6, 6.07) is -1.76. The first-order chi connectivity index (χ1) is 9.63. The Labute approximate surface area is 114 Å². The van der Waals surface area contributed by atoms with Gasteiger partial charge in [0, 0.05) is 0 Å². The lowest BCUT2D eigenvalue weighted by molar-refractivity contribution is -0.313. The Morgan fingerprint density at radius 2 is 1.55 bits per heavy atom. The number of ether oxygens (including phenoxy) is 1. The first-order valence-electron chi connectivity index (χ1n) is 5.06. The summed E-state index contributed by atoms with van der Waals surface area (Å²) in [5.74, 6) is -8.23. The average molecular weight is 348 g/mol. The second kappa shape index (κ2) is 5.17. The molecule has 1 aliphatic heterocycles. The molecule has 1 aliphatic rings. The Morgan fingerprint density at radius 1 is 1.05 bits per heavy atom. The summed E-state index contributed by atoms with van der Waals surface area (Å²) < 4.78 is 116. The average Bonchev–Trinajstić information content (AvgIpc) is 2.28. The van der Waals surface area contributed by atoms with E-state index in [9.17, 15) is 49.1 Å². The number of hydrogen-bond acceptors (Lipinski definition) is 3. The van der Waals surface area contributed by atoms with E-state index in [-0.39, 0.29) is 0 Å². The summed E-state index contributed by atoms with van der Waals surface area (Å²) in [6.45, 7) is -2.74. The molecular weight excluding hydrogens is 343 g/mol. The largest absolute Gasteiger partial charge is 0.455 e. The van der Waals surface area contributed by atoms with Gasteiger partial charge in [-0.05, 0) is 0 Å². The molecule has 5 nitrogen and oxygen atoms in total. The molecule has 14 heteroatoms. The van der Waals surface area contributed by atoms with E-state index >= 15 is 0 Å². The SMILES string of the molecule is O=C1NC(=O)C(F)(C(F)(F)F)C(OCC(F)(F)C(F)(F)F)N1. The molecule has 0 spiro atoms. The highest BCUT2D eigenvalue weighted by Gasteiger charge is 2.70. The minimum atomic E-state index is -6.19. The smallest absolute Gasteiger partial charge is 0.347 e. The Hall–Kier alpha value is -1.73. The third-order valence-electron chi connectivity index (χ3n) is 2.44. The maximum atomic E-state index is 13.8. The van der Waals surface area contributed by atoms with E-state index in [1.807, 2.05) is 0 Å². The van der Waals surface area contributed by atoms with Crippen LogP contribution < -0.4 is 10.6 Å². The normalized spacial score (nSPS) is 27.4. The number of carbonyl (C=O) groups is 2. The van der Waals surface area contributed by atoms with E-state index in [1.165, 1.54) is 0 Å². The predicted octanol–water partition coefficient (Wildman–Crippen LogP) is 1.64. The fraction of sp³-hybridized carbons (Fsp3) is 0.750. The molecule has 0 radical (unpaired) electrons.